The minimum Gasteiger partial charge on any atom is -0.508 e. The summed E-state index contributed by atoms with van der Waals surface area (Å²) in [6, 6.07) is 15.9. The third-order valence-electron chi connectivity index (χ3n) is 3.83. The summed E-state index contributed by atoms with van der Waals surface area (Å²) in [7, 11) is 0.566. The van der Waals surface area contributed by atoms with Gasteiger partial charge in [-0.2, -0.15) is 0 Å². The van der Waals surface area contributed by atoms with E-state index in [9.17, 15) is 5.11 Å². The van der Waals surface area contributed by atoms with Crippen LogP contribution in [0.5, 0.6) is 11.5 Å². The monoisotopic (exact) mass is 374 g/mol. The third-order valence-corrected chi connectivity index (χ3v) is 4.65. The largest absolute Gasteiger partial charge is 0.508 e. The molecule has 144 valence electrons. The molecule has 1 atom stereocenters. The Morgan fingerprint density at radius 3 is 1.88 bits per heavy atom. The van der Waals surface area contributed by atoms with Gasteiger partial charge in [0, 0.05) is 5.66 Å². The highest BCUT2D eigenvalue weighted by atomic mass is 31.1. The first-order chi connectivity index (χ1) is 11.9. The zero-order valence-corrected chi connectivity index (χ0v) is 18.6. The maximum Gasteiger partial charge on any atom is 0.122 e. The first-order valence-corrected chi connectivity index (χ1v) is 10.2. The van der Waals surface area contributed by atoms with Crippen LogP contribution in [0.15, 0.2) is 48.5 Å². The number of benzene rings is 2. The molecule has 0 aliphatic carbocycles. The smallest absolute Gasteiger partial charge is 0.122 e. The van der Waals surface area contributed by atoms with Gasteiger partial charge in [-0.05, 0) is 40.2 Å². The van der Waals surface area contributed by atoms with Crippen LogP contribution >= 0.6 is 8.81 Å². The molecule has 2 rings (SSSR count). The molecule has 0 aromatic heterocycles. The second-order valence-corrected chi connectivity index (χ2v) is 10.5. The molecule has 2 aromatic carbocycles. The average Bonchev–Trinajstić information content (AvgIpc) is 2.53. The van der Waals surface area contributed by atoms with Gasteiger partial charge in [-0.15, -0.1) is 0 Å². The van der Waals surface area contributed by atoms with Gasteiger partial charge in [0.15, 0.2) is 0 Å². The number of phenols is 1. The van der Waals surface area contributed by atoms with E-state index < -0.39 is 0 Å². The van der Waals surface area contributed by atoms with E-state index in [-0.39, 0.29) is 10.8 Å². The number of hydrogen-bond donors (Lipinski definition) is 1. The second kappa shape index (κ2) is 9.42. The lowest BCUT2D eigenvalue weighted by Gasteiger charge is -2.25. The summed E-state index contributed by atoms with van der Waals surface area (Å²) < 4.78 is 5.50. The van der Waals surface area contributed by atoms with Crippen molar-refractivity contribution in [2.45, 2.75) is 71.9 Å². The molecule has 0 aliphatic heterocycles. The molecule has 3 heteroatoms. The zero-order valence-electron chi connectivity index (χ0n) is 17.6. The van der Waals surface area contributed by atoms with Crippen LogP contribution in [0.2, 0.25) is 0 Å². The summed E-state index contributed by atoms with van der Waals surface area (Å²) in [6.45, 7) is 17.2. The first kappa shape index (κ1) is 22.5. The highest BCUT2D eigenvalue weighted by Crippen LogP contribution is 2.34. The van der Waals surface area contributed by atoms with Gasteiger partial charge in [0.25, 0.3) is 0 Å². The lowest BCUT2D eigenvalue weighted by atomic mass is 9.80. The highest BCUT2D eigenvalue weighted by molar-refractivity contribution is 7.33. The molecule has 0 radical (unpaired) electrons. The van der Waals surface area contributed by atoms with Gasteiger partial charge in [-0.3, -0.25) is 0 Å². The molecule has 0 heterocycles. The zero-order chi connectivity index (χ0) is 20.0. The van der Waals surface area contributed by atoms with Crippen molar-refractivity contribution >= 4 is 8.81 Å². The fraction of sp³-hybridized carbons (Fsp3) is 0.478. The Labute approximate surface area is 161 Å². The first-order valence-electron chi connectivity index (χ1n) is 9.22. The van der Waals surface area contributed by atoms with E-state index in [2.05, 4.69) is 61.5 Å². The summed E-state index contributed by atoms with van der Waals surface area (Å²) in [5.41, 5.74) is 3.04. The Bertz CT molecular complexity index is 665. The molecular weight excluding hydrogens is 339 g/mol. The molecule has 26 heavy (non-hydrogen) atoms. The molecule has 1 unspecified atom stereocenters. The minimum absolute atomic E-state index is 0.00859. The van der Waals surface area contributed by atoms with Gasteiger partial charge in [-0.25, -0.2) is 0 Å². The van der Waals surface area contributed by atoms with Crippen LogP contribution < -0.4 is 4.52 Å². The van der Waals surface area contributed by atoms with Crippen LogP contribution in [-0.2, 0) is 10.8 Å². The summed E-state index contributed by atoms with van der Waals surface area (Å²) in [5, 5.41) is 9.84. The van der Waals surface area contributed by atoms with Gasteiger partial charge in [-0.1, -0.05) is 85.7 Å². The number of phenolic OH excluding ortho intramolecular Hbond substituents is 1. The summed E-state index contributed by atoms with van der Waals surface area (Å²) >= 11 is 0. The Morgan fingerprint density at radius 2 is 1.42 bits per heavy atom. The molecule has 2 aromatic rings. The van der Waals surface area contributed by atoms with E-state index in [0.717, 1.165) is 11.3 Å². The number of aromatic hydroxyl groups is 1. The van der Waals surface area contributed by atoms with Crippen molar-refractivity contribution in [1.29, 1.82) is 0 Å². The predicted molar refractivity (Wildman–Crippen MR) is 116 cm³/mol. The van der Waals surface area contributed by atoms with E-state index in [1.807, 2.05) is 36.4 Å². The van der Waals surface area contributed by atoms with Crippen LogP contribution in [0.25, 0.3) is 0 Å². The van der Waals surface area contributed by atoms with Crippen LogP contribution in [0, 0.1) is 0 Å². The molecule has 0 fully saturated rings. The van der Waals surface area contributed by atoms with Gasteiger partial charge in [0.1, 0.15) is 11.5 Å². The van der Waals surface area contributed by atoms with Crippen LogP contribution in [0.1, 0.15) is 66.5 Å². The Morgan fingerprint density at radius 1 is 0.846 bits per heavy atom. The predicted octanol–water partition coefficient (Wildman–Crippen LogP) is 7.05. The SMILES string of the molecule is CC(C)(C)c1ccc(O)c(C(C)(C)C)c1.CC(C)POc1ccccc1. The quantitative estimate of drug-likeness (QED) is 0.583. The lowest BCUT2D eigenvalue weighted by molar-refractivity contribution is 0.444. The molecular formula is C23H35O2P. The van der Waals surface area contributed by atoms with Crippen LogP contribution in [-0.4, -0.2) is 10.8 Å². The van der Waals surface area contributed by atoms with Crippen molar-refractivity contribution < 1.29 is 9.63 Å². The molecule has 0 saturated heterocycles. The lowest BCUT2D eigenvalue weighted by Crippen LogP contribution is -2.16. The van der Waals surface area contributed by atoms with E-state index in [4.69, 9.17) is 4.52 Å². The van der Waals surface area contributed by atoms with E-state index >= 15 is 0 Å². The molecule has 0 bridgehead atoms. The number of hydrogen-bond acceptors (Lipinski definition) is 2. The summed E-state index contributed by atoms with van der Waals surface area (Å²) in [5.74, 6) is 1.37. The fourth-order valence-electron chi connectivity index (χ4n) is 2.28. The van der Waals surface area contributed by atoms with Gasteiger partial charge < -0.3 is 9.63 Å². The molecule has 0 saturated carbocycles. The Balaban J connectivity index is 0.000000273. The normalized spacial score (nSPS) is 12.2. The standard InChI is InChI=1S/C14H22O.C9H13OP/c1-13(2,3)10-7-8-12(15)11(9-10)14(4,5)6;1-8(2)11-10-9-6-4-3-5-7-9/h7-9,15H,1-6H3;3-8,11H,1-2H3. The number of para-hydroxylation sites is 1. The third kappa shape index (κ3) is 7.79. The van der Waals surface area contributed by atoms with Gasteiger partial charge >= 0.3 is 0 Å². The van der Waals surface area contributed by atoms with Crippen LogP contribution in [0.4, 0.5) is 0 Å². The topological polar surface area (TPSA) is 29.5 Å². The molecule has 2 nitrogen and oxygen atoms in total. The maximum atomic E-state index is 9.84. The van der Waals surface area contributed by atoms with E-state index in [1.165, 1.54) is 5.56 Å². The van der Waals surface area contributed by atoms with Crippen molar-refractivity contribution in [3.8, 4) is 11.5 Å². The molecule has 1 N–H and O–H groups in total. The van der Waals surface area contributed by atoms with Crippen molar-refractivity contribution in [2.75, 3.05) is 0 Å². The fourth-order valence-corrected chi connectivity index (χ4v) is 2.79. The molecule has 0 amide bonds. The minimum atomic E-state index is -0.00859. The Hall–Kier alpha value is -1.53. The van der Waals surface area contributed by atoms with E-state index in [0.29, 0.717) is 20.2 Å². The summed E-state index contributed by atoms with van der Waals surface area (Å²) in [6.07, 6.45) is 0. The maximum absolute atomic E-state index is 9.84. The van der Waals surface area contributed by atoms with Crippen molar-refractivity contribution in [3.63, 3.8) is 0 Å². The average molecular weight is 375 g/mol. The summed E-state index contributed by atoms with van der Waals surface area (Å²) in [4.78, 5) is 0. The van der Waals surface area contributed by atoms with E-state index in [1.54, 1.807) is 6.07 Å². The molecule has 0 aliphatic rings. The van der Waals surface area contributed by atoms with Gasteiger partial charge in [0.05, 0.1) is 8.81 Å². The van der Waals surface area contributed by atoms with Crippen molar-refractivity contribution in [1.82, 2.24) is 0 Å². The number of rotatable bonds is 3. The Kier molecular flexibility index (Phi) is 8.15. The van der Waals surface area contributed by atoms with Gasteiger partial charge in [0.2, 0.25) is 0 Å². The van der Waals surface area contributed by atoms with Crippen molar-refractivity contribution in [2.24, 2.45) is 0 Å². The van der Waals surface area contributed by atoms with Crippen molar-refractivity contribution in [3.05, 3.63) is 59.7 Å². The van der Waals surface area contributed by atoms with Crippen LogP contribution in [0.3, 0.4) is 0 Å². The molecule has 0 spiro atoms. The highest BCUT2D eigenvalue weighted by Gasteiger charge is 2.21. The second-order valence-electron chi connectivity index (χ2n) is 8.92.